The van der Waals surface area contributed by atoms with Crippen molar-refractivity contribution in [3.63, 3.8) is 0 Å². The van der Waals surface area contributed by atoms with Gasteiger partial charge < -0.3 is 11.1 Å². The van der Waals surface area contributed by atoms with Crippen LogP contribution in [0.4, 0.5) is 5.69 Å². The highest BCUT2D eigenvalue weighted by atomic mass is 16.2. The highest BCUT2D eigenvalue weighted by molar-refractivity contribution is 5.97. The summed E-state index contributed by atoms with van der Waals surface area (Å²) in [5, 5.41) is 6.81. The molecule has 1 aromatic rings. The Morgan fingerprint density at radius 1 is 1.73 bits per heavy atom. The van der Waals surface area contributed by atoms with Gasteiger partial charge in [-0.3, -0.25) is 9.48 Å². The molecular formula is C10H16N4O. The molecule has 0 saturated heterocycles. The Morgan fingerprint density at radius 3 is 2.87 bits per heavy atom. The van der Waals surface area contributed by atoms with Crippen LogP contribution in [0.2, 0.25) is 0 Å². The number of anilines is 1. The van der Waals surface area contributed by atoms with Gasteiger partial charge in [0.25, 0.3) is 5.91 Å². The maximum Gasteiger partial charge on any atom is 0.271 e. The summed E-state index contributed by atoms with van der Waals surface area (Å²) >= 11 is 0. The molecule has 0 aromatic carbocycles. The zero-order valence-electron chi connectivity index (χ0n) is 9.08. The number of rotatable bonds is 4. The van der Waals surface area contributed by atoms with Gasteiger partial charge in [-0.2, -0.15) is 5.10 Å². The summed E-state index contributed by atoms with van der Waals surface area (Å²) < 4.78 is 1.49. The molecule has 0 unspecified atom stereocenters. The number of aromatic nitrogens is 2. The van der Waals surface area contributed by atoms with E-state index in [0.29, 0.717) is 23.6 Å². The predicted molar refractivity (Wildman–Crippen MR) is 59.5 cm³/mol. The Morgan fingerprint density at radius 2 is 2.40 bits per heavy atom. The molecular weight excluding hydrogens is 192 g/mol. The van der Waals surface area contributed by atoms with E-state index in [0.717, 1.165) is 6.42 Å². The second-order valence-electron chi connectivity index (χ2n) is 3.30. The Bertz CT molecular complexity index is 381. The average molecular weight is 208 g/mol. The van der Waals surface area contributed by atoms with Crippen molar-refractivity contribution in [2.45, 2.75) is 13.3 Å². The largest absolute Gasteiger partial charge is 0.395 e. The van der Waals surface area contributed by atoms with Crippen LogP contribution in [-0.2, 0) is 7.05 Å². The second-order valence-corrected chi connectivity index (χ2v) is 3.30. The summed E-state index contributed by atoms with van der Waals surface area (Å²) in [6.07, 6.45) is 2.49. The van der Waals surface area contributed by atoms with Crippen LogP contribution < -0.4 is 11.1 Å². The number of nitrogens with zero attached hydrogens (tertiary/aromatic N) is 2. The lowest BCUT2D eigenvalue weighted by molar-refractivity contribution is 0.0946. The summed E-state index contributed by atoms with van der Waals surface area (Å²) in [5.41, 5.74) is 7.27. The SMILES string of the molecule is C=CCCNC(=O)c1c(N)c(C)nn1C. The first-order valence-electron chi connectivity index (χ1n) is 4.76. The van der Waals surface area contributed by atoms with Crippen LogP contribution in [0.1, 0.15) is 22.6 Å². The number of carbonyl (C=O) groups is 1. The van der Waals surface area contributed by atoms with E-state index in [1.165, 1.54) is 4.68 Å². The van der Waals surface area contributed by atoms with E-state index >= 15 is 0 Å². The Balaban J connectivity index is 2.77. The predicted octanol–water partition coefficient (Wildman–Crippen LogP) is 0.617. The number of hydrogen-bond donors (Lipinski definition) is 2. The fourth-order valence-electron chi connectivity index (χ4n) is 1.32. The second kappa shape index (κ2) is 4.63. The third-order valence-corrected chi connectivity index (χ3v) is 2.12. The van der Waals surface area contributed by atoms with Crippen LogP contribution in [-0.4, -0.2) is 22.2 Å². The van der Waals surface area contributed by atoms with Crippen molar-refractivity contribution in [2.24, 2.45) is 7.05 Å². The van der Waals surface area contributed by atoms with Crippen molar-refractivity contribution < 1.29 is 4.79 Å². The zero-order chi connectivity index (χ0) is 11.4. The summed E-state index contributed by atoms with van der Waals surface area (Å²) in [6, 6.07) is 0. The van der Waals surface area contributed by atoms with Gasteiger partial charge in [-0.15, -0.1) is 6.58 Å². The topological polar surface area (TPSA) is 72.9 Å². The number of nitrogens with one attached hydrogen (secondary N) is 1. The van der Waals surface area contributed by atoms with Gasteiger partial charge in [0.05, 0.1) is 11.4 Å². The summed E-state index contributed by atoms with van der Waals surface area (Å²) in [6.45, 7) is 5.91. The third-order valence-electron chi connectivity index (χ3n) is 2.12. The molecule has 0 saturated carbocycles. The summed E-state index contributed by atoms with van der Waals surface area (Å²) in [5.74, 6) is -0.197. The molecule has 1 heterocycles. The van der Waals surface area contributed by atoms with E-state index in [9.17, 15) is 4.79 Å². The average Bonchev–Trinajstić information content (AvgIpc) is 2.41. The maximum atomic E-state index is 11.7. The number of amides is 1. The van der Waals surface area contributed by atoms with Crippen LogP contribution >= 0.6 is 0 Å². The Labute approximate surface area is 89.0 Å². The van der Waals surface area contributed by atoms with E-state index < -0.39 is 0 Å². The number of hydrogen-bond acceptors (Lipinski definition) is 3. The third kappa shape index (κ3) is 2.37. The van der Waals surface area contributed by atoms with E-state index in [1.54, 1.807) is 20.0 Å². The van der Waals surface area contributed by atoms with Gasteiger partial charge in [-0.1, -0.05) is 6.08 Å². The molecule has 3 N–H and O–H groups in total. The van der Waals surface area contributed by atoms with Crippen LogP contribution in [0, 0.1) is 6.92 Å². The van der Waals surface area contributed by atoms with Crippen molar-refractivity contribution >= 4 is 11.6 Å². The molecule has 15 heavy (non-hydrogen) atoms. The Kier molecular flexibility index (Phi) is 3.49. The number of carbonyl (C=O) groups excluding carboxylic acids is 1. The lowest BCUT2D eigenvalue weighted by Gasteiger charge is -2.04. The van der Waals surface area contributed by atoms with Gasteiger partial charge in [0.1, 0.15) is 5.69 Å². The van der Waals surface area contributed by atoms with Crippen molar-refractivity contribution in [1.29, 1.82) is 0 Å². The lowest BCUT2D eigenvalue weighted by atomic mass is 10.3. The first-order valence-corrected chi connectivity index (χ1v) is 4.76. The quantitative estimate of drug-likeness (QED) is 0.562. The van der Waals surface area contributed by atoms with E-state index in [2.05, 4.69) is 17.0 Å². The number of nitrogens with two attached hydrogens (primary N) is 1. The minimum atomic E-state index is -0.197. The van der Waals surface area contributed by atoms with Crippen molar-refractivity contribution in [3.8, 4) is 0 Å². The fourth-order valence-corrected chi connectivity index (χ4v) is 1.32. The molecule has 5 heteroatoms. The zero-order valence-corrected chi connectivity index (χ0v) is 9.08. The number of aryl methyl sites for hydroxylation is 2. The number of nitrogen functional groups attached to an aromatic ring is 1. The first kappa shape index (κ1) is 11.3. The monoisotopic (exact) mass is 208 g/mol. The standard InChI is InChI=1S/C10H16N4O/c1-4-5-6-12-10(15)9-8(11)7(2)13-14(9)3/h4H,1,5-6,11H2,2-3H3,(H,12,15). The maximum absolute atomic E-state index is 11.7. The van der Waals surface area contributed by atoms with Gasteiger partial charge >= 0.3 is 0 Å². The summed E-state index contributed by atoms with van der Waals surface area (Å²) in [7, 11) is 1.70. The molecule has 0 aliphatic rings. The van der Waals surface area contributed by atoms with Gasteiger partial charge in [0.15, 0.2) is 0 Å². The summed E-state index contributed by atoms with van der Waals surface area (Å²) in [4.78, 5) is 11.7. The molecule has 0 radical (unpaired) electrons. The van der Waals surface area contributed by atoms with Crippen LogP contribution in [0.3, 0.4) is 0 Å². The van der Waals surface area contributed by atoms with Crippen molar-refractivity contribution in [3.05, 3.63) is 24.0 Å². The Hall–Kier alpha value is -1.78. The minimum Gasteiger partial charge on any atom is -0.395 e. The van der Waals surface area contributed by atoms with Crippen LogP contribution in [0.15, 0.2) is 12.7 Å². The highest BCUT2D eigenvalue weighted by Crippen LogP contribution is 2.14. The van der Waals surface area contributed by atoms with Gasteiger partial charge in [-0.25, -0.2) is 0 Å². The molecule has 0 fully saturated rings. The molecule has 1 rings (SSSR count). The molecule has 82 valence electrons. The van der Waals surface area contributed by atoms with Gasteiger partial charge in [0.2, 0.25) is 0 Å². The fraction of sp³-hybridized carbons (Fsp3) is 0.400. The lowest BCUT2D eigenvalue weighted by Crippen LogP contribution is -2.27. The molecule has 0 atom stereocenters. The molecule has 5 nitrogen and oxygen atoms in total. The van der Waals surface area contributed by atoms with Gasteiger partial charge in [-0.05, 0) is 13.3 Å². The van der Waals surface area contributed by atoms with Crippen LogP contribution in [0.5, 0.6) is 0 Å². The van der Waals surface area contributed by atoms with Crippen molar-refractivity contribution in [2.75, 3.05) is 12.3 Å². The molecule has 1 amide bonds. The normalized spacial score (nSPS) is 10.0. The first-order chi connectivity index (χ1) is 7.07. The molecule has 0 aliphatic carbocycles. The highest BCUT2D eigenvalue weighted by Gasteiger charge is 2.16. The van der Waals surface area contributed by atoms with E-state index in [1.807, 2.05) is 0 Å². The molecule has 0 bridgehead atoms. The molecule has 0 spiro atoms. The van der Waals surface area contributed by atoms with E-state index in [-0.39, 0.29) is 5.91 Å². The molecule has 1 aromatic heterocycles. The molecule has 0 aliphatic heterocycles. The smallest absolute Gasteiger partial charge is 0.271 e. The van der Waals surface area contributed by atoms with Gasteiger partial charge in [0, 0.05) is 13.6 Å². The van der Waals surface area contributed by atoms with Crippen LogP contribution in [0.25, 0.3) is 0 Å². The van der Waals surface area contributed by atoms with E-state index in [4.69, 9.17) is 5.73 Å². The van der Waals surface area contributed by atoms with Crippen molar-refractivity contribution in [1.82, 2.24) is 15.1 Å². The minimum absolute atomic E-state index is 0.197.